The molecule has 0 spiro atoms. The van der Waals surface area contributed by atoms with Crippen molar-refractivity contribution in [2.45, 2.75) is 44.8 Å². The van der Waals surface area contributed by atoms with Gasteiger partial charge in [0.05, 0.1) is 23.6 Å². The number of halogens is 6. The summed E-state index contributed by atoms with van der Waals surface area (Å²) in [6, 6.07) is 3.62. The molecule has 0 saturated carbocycles. The summed E-state index contributed by atoms with van der Waals surface area (Å²) in [5, 5.41) is 4.29. The molecular weight excluding hydrogens is 506 g/mol. The number of fused-ring (bicyclic) bond motifs is 2. The van der Waals surface area contributed by atoms with E-state index in [0.717, 1.165) is 37.9 Å². The highest BCUT2D eigenvalue weighted by atomic mass is 19.4. The molecule has 4 aromatic heterocycles. The third-order valence-electron chi connectivity index (χ3n) is 6.03. The number of hydrogen-bond acceptors (Lipinski definition) is 5. The van der Waals surface area contributed by atoms with Crippen LogP contribution in [0, 0.1) is 0 Å². The molecule has 0 aromatic carbocycles. The van der Waals surface area contributed by atoms with E-state index in [1.165, 1.54) is 28.9 Å². The molecule has 0 bridgehead atoms. The number of hydrogen-bond donors (Lipinski definition) is 0. The number of rotatable bonds is 4. The quantitative estimate of drug-likeness (QED) is 0.341. The predicted molar refractivity (Wildman–Crippen MR) is 119 cm³/mol. The molecule has 4 aromatic rings. The smallest absolute Gasteiger partial charge is 0.404 e. The third-order valence-corrected chi connectivity index (χ3v) is 6.03. The zero-order valence-corrected chi connectivity index (χ0v) is 19.2. The first-order chi connectivity index (χ1) is 17.5. The van der Waals surface area contributed by atoms with Crippen LogP contribution < -0.4 is 4.74 Å². The molecule has 196 valence electrons. The zero-order chi connectivity index (χ0) is 26.4. The van der Waals surface area contributed by atoms with Crippen LogP contribution in [0.3, 0.4) is 0 Å². The fourth-order valence-electron chi connectivity index (χ4n) is 4.43. The van der Waals surface area contributed by atoms with Crippen molar-refractivity contribution in [2.24, 2.45) is 0 Å². The van der Waals surface area contributed by atoms with Gasteiger partial charge in [-0.25, -0.2) is 4.98 Å². The lowest BCUT2D eigenvalue weighted by atomic mass is 10.2. The number of nitrogens with zero attached hydrogens (tertiary/aromatic N) is 6. The maximum Gasteiger partial charge on any atom is 0.573 e. The van der Waals surface area contributed by atoms with Gasteiger partial charge in [-0.15, -0.1) is 13.2 Å². The van der Waals surface area contributed by atoms with Gasteiger partial charge in [0.25, 0.3) is 5.91 Å². The summed E-state index contributed by atoms with van der Waals surface area (Å²) in [4.78, 5) is 23.0. The average Bonchev–Trinajstić information content (AvgIpc) is 3.24. The van der Waals surface area contributed by atoms with E-state index >= 15 is 0 Å². The summed E-state index contributed by atoms with van der Waals surface area (Å²) in [6.45, 7) is -0.366. The Morgan fingerprint density at radius 3 is 2.38 bits per heavy atom. The van der Waals surface area contributed by atoms with Crippen LogP contribution in [0.25, 0.3) is 27.9 Å². The molecule has 1 fully saturated rings. The molecular formula is C23H20F6N6O2. The molecule has 37 heavy (non-hydrogen) atoms. The van der Waals surface area contributed by atoms with Crippen LogP contribution >= 0.6 is 0 Å². The van der Waals surface area contributed by atoms with Gasteiger partial charge in [-0.05, 0) is 31.0 Å². The number of imidazole rings is 1. The number of carbonyl (C=O) groups is 1. The molecule has 14 heteroatoms. The lowest BCUT2D eigenvalue weighted by molar-refractivity contribution is -0.274. The van der Waals surface area contributed by atoms with Gasteiger partial charge in [-0.1, -0.05) is 12.8 Å². The van der Waals surface area contributed by atoms with Crippen molar-refractivity contribution in [3.63, 3.8) is 0 Å². The van der Waals surface area contributed by atoms with Crippen molar-refractivity contribution < 1.29 is 35.9 Å². The van der Waals surface area contributed by atoms with E-state index in [-0.39, 0.29) is 39.5 Å². The first-order valence-electron chi connectivity index (χ1n) is 11.4. The minimum Gasteiger partial charge on any atom is -0.404 e. The fraction of sp³-hybridized carbons (Fsp3) is 0.391. The Labute approximate surface area is 205 Å². The Hall–Kier alpha value is -3.84. The van der Waals surface area contributed by atoms with Crippen molar-refractivity contribution in [1.29, 1.82) is 0 Å². The van der Waals surface area contributed by atoms with Crippen molar-refractivity contribution in [3.05, 3.63) is 42.5 Å². The largest absolute Gasteiger partial charge is 0.573 e. The van der Waals surface area contributed by atoms with Crippen LogP contribution in [0.2, 0.25) is 0 Å². The van der Waals surface area contributed by atoms with Crippen LogP contribution in [-0.4, -0.2) is 60.6 Å². The normalized spacial score (nSPS) is 15.4. The van der Waals surface area contributed by atoms with Crippen LogP contribution in [0.5, 0.6) is 5.75 Å². The van der Waals surface area contributed by atoms with Crippen molar-refractivity contribution >= 4 is 22.5 Å². The number of ether oxygens (including phenoxy) is 1. The molecule has 1 aliphatic heterocycles. The van der Waals surface area contributed by atoms with E-state index < -0.39 is 24.8 Å². The zero-order valence-electron chi connectivity index (χ0n) is 19.2. The average molecular weight is 526 g/mol. The number of amides is 1. The SMILES string of the molecule is O=C(c1cc2c(cn1)c(-c1cnc3ccc(OC(F)(F)F)cn13)nn2CC(F)(F)F)N1CCCCCC1. The molecule has 1 saturated heterocycles. The summed E-state index contributed by atoms with van der Waals surface area (Å²) in [5.41, 5.74) is 0.365. The van der Waals surface area contributed by atoms with Crippen molar-refractivity contribution in [3.8, 4) is 17.1 Å². The Kier molecular flexibility index (Phi) is 6.20. The van der Waals surface area contributed by atoms with Crippen LogP contribution in [-0.2, 0) is 6.54 Å². The van der Waals surface area contributed by atoms with Gasteiger partial charge >= 0.3 is 12.5 Å². The minimum atomic E-state index is -4.93. The van der Waals surface area contributed by atoms with Gasteiger partial charge in [-0.3, -0.25) is 18.9 Å². The molecule has 0 radical (unpaired) electrons. The molecule has 0 N–H and O–H groups in total. The summed E-state index contributed by atoms with van der Waals surface area (Å²) in [6.07, 6.45) is -2.35. The number of alkyl halides is 6. The Balaban J connectivity index is 1.61. The van der Waals surface area contributed by atoms with E-state index in [1.807, 2.05) is 0 Å². The second kappa shape index (κ2) is 9.23. The minimum absolute atomic E-state index is 0.0109. The van der Waals surface area contributed by atoms with Gasteiger partial charge < -0.3 is 9.64 Å². The monoisotopic (exact) mass is 526 g/mol. The van der Waals surface area contributed by atoms with E-state index in [0.29, 0.717) is 17.8 Å². The number of carbonyl (C=O) groups excluding carboxylic acids is 1. The van der Waals surface area contributed by atoms with Crippen molar-refractivity contribution in [2.75, 3.05) is 13.1 Å². The second-order valence-electron chi connectivity index (χ2n) is 8.70. The maximum atomic E-state index is 13.4. The lowest BCUT2D eigenvalue weighted by Gasteiger charge is -2.19. The van der Waals surface area contributed by atoms with Gasteiger partial charge in [0, 0.05) is 24.7 Å². The standard InChI is InChI=1S/C23H20F6N6O2/c24-22(25,26)13-35-17-9-16(21(36)33-7-3-1-2-4-8-33)30-10-15(17)20(32-35)18-11-31-19-6-5-14(12-34(18)19)37-23(27,28)29/h5-6,9-12H,1-4,7-8,13H2. The molecule has 1 amide bonds. The van der Waals surface area contributed by atoms with Crippen molar-refractivity contribution in [1.82, 2.24) is 29.0 Å². The highest BCUT2D eigenvalue weighted by Gasteiger charge is 2.32. The first-order valence-corrected chi connectivity index (χ1v) is 11.4. The molecule has 0 aliphatic carbocycles. The molecule has 8 nitrogen and oxygen atoms in total. The number of aromatic nitrogens is 5. The molecule has 0 unspecified atom stereocenters. The topological polar surface area (TPSA) is 77.5 Å². The van der Waals surface area contributed by atoms with Gasteiger partial charge in [0.15, 0.2) is 0 Å². The maximum absolute atomic E-state index is 13.4. The summed E-state index contributed by atoms with van der Waals surface area (Å²) >= 11 is 0. The third kappa shape index (κ3) is 5.32. The highest BCUT2D eigenvalue weighted by molar-refractivity contribution is 5.99. The Morgan fingerprint density at radius 1 is 0.973 bits per heavy atom. The van der Waals surface area contributed by atoms with E-state index in [1.54, 1.807) is 4.90 Å². The number of pyridine rings is 2. The van der Waals surface area contributed by atoms with E-state index in [2.05, 4.69) is 19.8 Å². The highest BCUT2D eigenvalue weighted by Crippen LogP contribution is 2.32. The molecule has 0 atom stereocenters. The van der Waals surface area contributed by atoms with Crippen LogP contribution in [0.15, 0.2) is 36.8 Å². The summed E-state index contributed by atoms with van der Waals surface area (Å²) in [5.74, 6) is -0.921. The molecule has 1 aliphatic rings. The number of likely N-dealkylation sites (tertiary alicyclic amines) is 1. The molecule has 5 heterocycles. The first kappa shape index (κ1) is 24.8. The second-order valence-corrected chi connectivity index (χ2v) is 8.70. The van der Waals surface area contributed by atoms with E-state index in [4.69, 9.17) is 0 Å². The predicted octanol–water partition coefficient (Wildman–Crippen LogP) is 5.22. The lowest BCUT2D eigenvalue weighted by Crippen LogP contribution is -2.32. The van der Waals surface area contributed by atoms with Crippen LogP contribution in [0.1, 0.15) is 36.2 Å². The van der Waals surface area contributed by atoms with Gasteiger partial charge in [0.1, 0.15) is 29.3 Å². The Bertz CT molecular complexity index is 1450. The summed E-state index contributed by atoms with van der Waals surface area (Å²) in [7, 11) is 0. The fourth-order valence-corrected chi connectivity index (χ4v) is 4.43. The van der Waals surface area contributed by atoms with E-state index in [9.17, 15) is 31.1 Å². The molecule has 5 rings (SSSR count). The Morgan fingerprint density at radius 2 is 1.70 bits per heavy atom. The summed E-state index contributed by atoms with van der Waals surface area (Å²) < 4.78 is 84.2. The van der Waals surface area contributed by atoms with Gasteiger partial charge in [-0.2, -0.15) is 18.3 Å². The van der Waals surface area contributed by atoms with Gasteiger partial charge in [0.2, 0.25) is 0 Å². The van der Waals surface area contributed by atoms with Crippen LogP contribution in [0.4, 0.5) is 26.3 Å².